The topological polar surface area (TPSA) is 77.7 Å². The van der Waals surface area contributed by atoms with E-state index in [-0.39, 0.29) is 12.5 Å². The van der Waals surface area contributed by atoms with Gasteiger partial charge in [-0.15, -0.1) is 6.58 Å². The number of carbonyl (C=O) groups is 1. The van der Waals surface area contributed by atoms with Crippen LogP contribution in [-0.2, 0) is 6.54 Å². The Labute approximate surface area is 169 Å². The van der Waals surface area contributed by atoms with Gasteiger partial charge in [-0.1, -0.05) is 29.4 Å². The Hall–Kier alpha value is -3.61. The van der Waals surface area contributed by atoms with Gasteiger partial charge in [0.05, 0.1) is 14.2 Å². The van der Waals surface area contributed by atoms with E-state index in [1.165, 1.54) is 0 Å². The van der Waals surface area contributed by atoms with Crippen LogP contribution in [0.4, 0.5) is 0 Å². The van der Waals surface area contributed by atoms with Crippen LogP contribution in [-0.4, -0.2) is 41.7 Å². The molecular formula is C22H23N3O4. The van der Waals surface area contributed by atoms with E-state index in [0.717, 1.165) is 11.1 Å². The number of hydrogen-bond acceptors (Lipinski definition) is 6. The number of rotatable bonds is 8. The Morgan fingerprint density at radius 1 is 1.17 bits per heavy atom. The molecule has 0 N–H and O–H groups in total. The van der Waals surface area contributed by atoms with Crippen LogP contribution in [0.3, 0.4) is 0 Å². The highest BCUT2D eigenvalue weighted by molar-refractivity contribution is 5.95. The maximum atomic E-state index is 12.9. The van der Waals surface area contributed by atoms with E-state index in [9.17, 15) is 4.79 Å². The normalized spacial score (nSPS) is 10.4. The first-order valence-electron chi connectivity index (χ1n) is 9.08. The standard InChI is InChI=1S/C22H23N3O4/c1-5-12-25(22(26)17-9-7-6-8-15(17)2)14-20-23-21(24-29-20)16-10-11-18(27-3)19(13-16)28-4/h5-11,13H,1,12,14H2,2-4H3. The minimum atomic E-state index is -0.117. The Morgan fingerprint density at radius 2 is 1.93 bits per heavy atom. The molecule has 3 rings (SSSR count). The van der Waals surface area contributed by atoms with Gasteiger partial charge in [-0.05, 0) is 36.8 Å². The maximum Gasteiger partial charge on any atom is 0.254 e. The number of benzene rings is 2. The molecule has 29 heavy (non-hydrogen) atoms. The molecule has 0 radical (unpaired) electrons. The molecule has 0 fully saturated rings. The lowest BCUT2D eigenvalue weighted by molar-refractivity contribution is 0.0744. The van der Waals surface area contributed by atoms with Gasteiger partial charge in [0.2, 0.25) is 11.7 Å². The molecule has 0 aliphatic carbocycles. The average Bonchev–Trinajstić information content (AvgIpc) is 3.21. The molecule has 3 aromatic rings. The first-order chi connectivity index (χ1) is 14.1. The summed E-state index contributed by atoms with van der Waals surface area (Å²) in [5, 5.41) is 4.03. The van der Waals surface area contributed by atoms with Gasteiger partial charge < -0.3 is 18.9 Å². The minimum absolute atomic E-state index is 0.117. The maximum absolute atomic E-state index is 12.9. The number of amides is 1. The van der Waals surface area contributed by atoms with Crippen molar-refractivity contribution in [2.24, 2.45) is 0 Å². The van der Waals surface area contributed by atoms with Crippen LogP contribution in [0.5, 0.6) is 11.5 Å². The van der Waals surface area contributed by atoms with Gasteiger partial charge in [-0.25, -0.2) is 0 Å². The predicted molar refractivity (Wildman–Crippen MR) is 109 cm³/mol. The summed E-state index contributed by atoms with van der Waals surface area (Å²) in [5.74, 6) is 1.80. The molecule has 150 valence electrons. The van der Waals surface area contributed by atoms with Gasteiger partial charge in [-0.3, -0.25) is 4.79 Å². The second-order valence-electron chi connectivity index (χ2n) is 6.37. The van der Waals surface area contributed by atoms with E-state index in [1.54, 1.807) is 43.4 Å². The molecule has 1 aromatic heterocycles. The van der Waals surface area contributed by atoms with Crippen molar-refractivity contribution in [3.05, 3.63) is 72.1 Å². The fraction of sp³-hybridized carbons (Fsp3) is 0.227. The predicted octanol–water partition coefficient (Wildman–Crippen LogP) is 3.89. The molecule has 7 heteroatoms. The van der Waals surface area contributed by atoms with Gasteiger partial charge in [0.1, 0.15) is 6.54 Å². The van der Waals surface area contributed by atoms with Gasteiger partial charge >= 0.3 is 0 Å². The molecule has 0 spiro atoms. The third-order valence-corrected chi connectivity index (χ3v) is 4.45. The number of hydrogen-bond donors (Lipinski definition) is 0. The van der Waals surface area contributed by atoms with E-state index in [2.05, 4.69) is 16.7 Å². The highest BCUT2D eigenvalue weighted by Crippen LogP contribution is 2.31. The number of carbonyl (C=O) groups excluding carboxylic acids is 1. The number of methoxy groups -OCH3 is 2. The molecular weight excluding hydrogens is 370 g/mol. The fourth-order valence-corrected chi connectivity index (χ4v) is 2.93. The van der Waals surface area contributed by atoms with Gasteiger partial charge in [0.15, 0.2) is 11.5 Å². The van der Waals surface area contributed by atoms with Crippen LogP contribution in [0, 0.1) is 6.92 Å². The van der Waals surface area contributed by atoms with Crippen LogP contribution in [0.1, 0.15) is 21.8 Å². The minimum Gasteiger partial charge on any atom is -0.493 e. The lowest BCUT2D eigenvalue weighted by atomic mass is 10.1. The summed E-state index contributed by atoms with van der Waals surface area (Å²) < 4.78 is 15.9. The lowest BCUT2D eigenvalue weighted by Gasteiger charge is -2.20. The summed E-state index contributed by atoms with van der Waals surface area (Å²) in [5.41, 5.74) is 2.26. The van der Waals surface area contributed by atoms with E-state index >= 15 is 0 Å². The van der Waals surface area contributed by atoms with Gasteiger partial charge in [0, 0.05) is 17.7 Å². The molecule has 0 saturated heterocycles. The van der Waals surface area contributed by atoms with Crippen molar-refractivity contribution in [1.82, 2.24) is 15.0 Å². The first-order valence-corrected chi connectivity index (χ1v) is 9.08. The molecule has 2 aromatic carbocycles. The molecule has 0 aliphatic heterocycles. The largest absolute Gasteiger partial charge is 0.493 e. The second-order valence-corrected chi connectivity index (χ2v) is 6.37. The monoisotopic (exact) mass is 393 g/mol. The summed E-state index contributed by atoms with van der Waals surface area (Å²) in [4.78, 5) is 19.0. The number of ether oxygens (including phenoxy) is 2. The van der Waals surface area contributed by atoms with Crippen molar-refractivity contribution in [3.63, 3.8) is 0 Å². The number of aromatic nitrogens is 2. The Morgan fingerprint density at radius 3 is 2.62 bits per heavy atom. The molecule has 0 atom stereocenters. The Kier molecular flexibility index (Phi) is 6.29. The lowest BCUT2D eigenvalue weighted by Crippen LogP contribution is -2.31. The fourth-order valence-electron chi connectivity index (χ4n) is 2.93. The Balaban J connectivity index is 1.82. The van der Waals surface area contributed by atoms with Crippen LogP contribution >= 0.6 is 0 Å². The smallest absolute Gasteiger partial charge is 0.254 e. The summed E-state index contributed by atoms with van der Waals surface area (Å²) in [6.45, 7) is 6.19. The van der Waals surface area contributed by atoms with Crippen molar-refractivity contribution in [1.29, 1.82) is 0 Å². The van der Waals surface area contributed by atoms with Crippen molar-refractivity contribution in [2.45, 2.75) is 13.5 Å². The van der Waals surface area contributed by atoms with E-state index in [0.29, 0.717) is 35.3 Å². The first kappa shape index (κ1) is 20.1. The van der Waals surface area contributed by atoms with Crippen LogP contribution < -0.4 is 9.47 Å². The molecule has 0 saturated carbocycles. The molecule has 0 bridgehead atoms. The molecule has 7 nitrogen and oxygen atoms in total. The zero-order valence-electron chi connectivity index (χ0n) is 16.7. The van der Waals surface area contributed by atoms with Crippen molar-refractivity contribution < 1.29 is 18.8 Å². The van der Waals surface area contributed by atoms with Crippen LogP contribution in [0.25, 0.3) is 11.4 Å². The van der Waals surface area contributed by atoms with Gasteiger partial charge in [-0.2, -0.15) is 4.98 Å². The average molecular weight is 393 g/mol. The quantitative estimate of drug-likeness (QED) is 0.540. The Bertz CT molecular complexity index is 1010. The molecule has 1 heterocycles. The molecule has 0 unspecified atom stereocenters. The summed E-state index contributed by atoms with van der Waals surface area (Å²) in [7, 11) is 3.14. The van der Waals surface area contributed by atoms with Gasteiger partial charge in [0.25, 0.3) is 5.91 Å². The van der Waals surface area contributed by atoms with E-state index < -0.39 is 0 Å². The summed E-state index contributed by atoms with van der Waals surface area (Å²) >= 11 is 0. The number of nitrogens with zero attached hydrogens (tertiary/aromatic N) is 3. The molecule has 1 amide bonds. The second kappa shape index (κ2) is 9.05. The van der Waals surface area contributed by atoms with Crippen molar-refractivity contribution in [3.8, 4) is 22.9 Å². The highest BCUT2D eigenvalue weighted by atomic mass is 16.5. The molecule has 0 aliphatic rings. The summed E-state index contributed by atoms with van der Waals surface area (Å²) in [6.07, 6.45) is 1.67. The third-order valence-electron chi connectivity index (χ3n) is 4.45. The van der Waals surface area contributed by atoms with E-state index in [1.807, 2.05) is 31.2 Å². The summed E-state index contributed by atoms with van der Waals surface area (Å²) in [6, 6.07) is 12.8. The van der Waals surface area contributed by atoms with Crippen molar-refractivity contribution in [2.75, 3.05) is 20.8 Å². The number of aryl methyl sites for hydroxylation is 1. The van der Waals surface area contributed by atoms with Crippen LogP contribution in [0.15, 0.2) is 59.6 Å². The zero-order chi connectivity index (χ0) is 20.8. The SMILES string of the molecule is C=CCN(Cc1nc(-c2ccc(OC)c(OC)c2)no1)C(=O)c1ccccc1C. The zero-order valence-corrected chi connectivity index (χ0v) is 16.7. The van der Waals surface area contributed by atoms with E-state index in [4.69, 9.17) is 14.0 Å². The third kappa shape index (κ3) is 4.45. The van der Waals surface area contributed by atoms with Crippen LogP contribution in [0.2, 0.25) is 0 Å². The highest BCUT2D eigenvalue weighted by Gasteiger charge is 2.20. The van der Waals surface area contributed by atoms with Crippen molar-refractivity contribution >= 4 is 5.91 Å².